The maximum atomic E-state index is 10.3. The summed E-state index contributed by atoms with van der Waals surface area (Å²) in [5, 5.41) is 11.6. The van der Waals surface area contributed by atoms with E-state index in [9.17, 15) is 4.79 Å². The second-order valence-electron chi connectivity index (χ2n) is 5.41. The van der Waals surface area contributed by atoms with Crippen LogP contribution in [0.4, 0.5) is 0 Å². The molecule has 0 rings (SSSR count). The zero-order valence-corrected chi connectivity index (χ0v) is 15.4. The van der Waals surface area contributed by atoms with Gasteiger partial charge < -0.3 is 23.7 Å². The lowest BCUT2D eigenvalue weighted by Crippen LogP contribution is -2.42. The Morgan fingerprint density at radius 1 is 0.864 bits per heavy atom. The van der Waals surface area contributed by atoms with Crippen LogP contribution in [-0.4, -0.2) is 54.3 Å². The second kappa shape index (κ2) is 14.1. The minimum atomic E-state index is -2.37. The highest BCUT2D eigenvalue weighted by Crippen LogP contribution is 2.18. The van der Waals surface area contributed by atoms with Gasteiger partial charge in [-0.05, 0) is 19.4 Å². The normalized spacial score (nSPS) is 11.8. The Labute approximate surface area is 135 Å². The number of aliphatic carboxylic acids is 1. The van der Waals surface area contributed by atoms with Gasteiger partial charge in [0.15, 0.2) is 0 Å². The molecule has 0 aromatic carbocycles. The maximum Gasteiger partial charge on any atom is 0.500 e. The van der Waals surface area contributed by atoms with E-state index < -0.39 is 14.8 Å². The molecule has 2 N–H and O–H groups in total. The molecule has 0 aliphatic carbocycles. The molecule has 6 nitrogen and oxygen atoms in total. The molecule has 0 saturated heterocycles. The van der Waals surface area contributed by atoms with Gasteiger partial charge in [-0.15, -0.1) is 0 Å². The van der Waals surface area contributed by atoms with Crippen LogP contribution < -0.4 is 5.32 Å². The first-order chi connectivity index (χ1) is 10.6. The fraction of sp³-hybridized carbons (Fsp3) is 0.933. The predicted molar refractivity (Wildman–Crippen MR) is 89.0 cm³/mol. The van der Waals surface area contributed by atoms with Crippen LogP contribution in [0.1, 0.15) is 51.4 Å². The van der Waals surface area contributed by atoms with Crippen LogP contribution in [0.15, 0.2) is 0 Å². The van der Waals surface area contributed by atoms with Crippen molar-refractivity contribution in [3.05, 3.63) is 0 Å². The van der Waals surface area contributed by atoms with Crippen molar-refractivity contribution in [2.24, 2.45) is 0 Å². The van der Waals surface area contributed by atoms with Crippen LogP contribution in [0, 0.1) is 0 Å². The fourth-order valence-electron chi connectivity index (χ4n) is 2.35. The van der Waals surface area contributed by atoms with E-state index in [0.29, 0.717) is 6.54 Å². The first kappa shape index (κ1) is 21.5. The third kappa shape index (κ3) is 11.1. The summed E-state index contributed by atoms with van der Waals surface area (Å²) in [4.78, 5) is 10.3. The Bertz CT molecular complexity index is 266. The van der Waals surface area contributed by atoms with Gasteiger partial charge in [0.25, 0.3) is 0 Å². The lowest BCUT2D eigenvalue weighted by Gasteiger charge is -2.24. The predicted octanol–water partition coefficient (Wildman–Crippen LogP) is 2.66. The molecule has 0 saturated carbocycles. The van der Waals surface area contributed by atoms with Crippen molar-refractivity contribution in [3.63, 3.8) is 0 Å². The summed E-state index contributed by atoms with van der Waals surface area (Å²) in [5.74, 6) is -0.741. The molecule has 0 spiro atoms. The third-order valence-corrected chi connectivity index (χ3v) is 6.62. The molecular weight excluding hydrogens is 302 g/mol. The molecule has 0 bridgehead atoms. The minimum Gasteiger partial charge on any atom is -0.481 e. The Morgan fingerprint density at radius 2 is 1.36 bits per heavy atom. The van der Waals surface area contributed by atoms with E-state index >= 15 is 0 Å². The zero-order valence-electron chi connectivity index (χ0n) is 14.4. The van der Waals surface area contributed by atoms with Gasteiger partial charge in [-0.3, -0.25) is 4.79 Å². The molecule has 0 amide bonds. The fourth-order valence-corrected chi connectivity index (χ4v) is 4.15. The molecule has 0 heterocycles. The summed E-state index contributed by atoms with van der Waals surface area (Å²) < 4.78 is 16.2. The maximum absolute atomic E-state index is 10.3. The standard InChI is InChI=1S/C15H33NO5Si/c1-19-22(20-2,21-3)14-10-8-6-4-5-7-9-12-16-13-11-15(17)18/h16H,4-14H2,1-3H3,(H,17,18). The lowest BCUT2D eigenvalue weighted by molar-refractivity contribution is -0.136. The number of carboxylic acid groups (broad SMARTS) is 1. The van der Waals surface area contributed by atoms with Gasteiger partial charge >= 0.3 is 14.8 Å². The van der Waals surface area contributed by atoms with Crippen LogP contribution in [0.2, 0.25) is 6.04 Å². The molecule has 0 aromatic rings. The van der Waals surface area contributed by atoms with Crippen LogP contribution in [-0.2, 0) is 18.1 Å². The number of rotatable bonds is 16. The van der Waals surface area contributed by atoms with Crippen molar-refractivity contribution in [1.29, 1.82) is 0 Å². The highest BCUT2D eigenvalue weighted by Gasteiger charge is 2.36. The summed E-state index contributed by atoms with van der Waals surface area (Å²) in [6, 6.07) is 0.879. The molecule has 22 heavy (non-hydrogen) atoms. The van der Waals surface area contributed by atoms with Gasteiger partial charge in [0.2, 0.25) is 0 Å². The summed E-state index contributed by atoms with van der Waals surface area (Å²) >= 11 is 0. The first-order valence-corrected chi connectivity index (χ1v) is 10.1. The van der Waals surface area contributed by atoms with E-state index in [0.717, 1.165) is 25.4 Å². The van der Waals surface area contributed by atoms with E-state index in [1.807, 2.05) is 0 Å². The molecule has 0 aliphatic heterocycles. The number of unbranched alkanes of at least 4 members (excludes halogenated alkanes) is 6. The van der Waals surface area contributed by atoms with Crippen molar-refractivity contribution < 1.29 is 23.2 Å². The Kier molecular flexibility index (Phi) is 13.8. The Balaban J connectivity index is 3.32. The van der Waals surface area contributed by atoms with E-state index in [1.54, 1.807) is 21.3 Å². The smallest absolute Gasteiger partial charge is 0.481 e. The Morgan fingerprint density at radius 3 is 1.86 bits per heavy atom. The topological polar surface area (TPSA) is 77.0 Å². The first-order valence-electron chi connectivity index (χ1n) is 8.18. The molecule has 0 fully saturated rings. The third-order valence-electron chi connectivity index (χ3n) is 3.79. The van der Waals surface area contributed by atoms with Crippen molar-refractivity contribution in [1.82, 2.24) is 5.32 Å². The average Bonchev–Trinajstić information content (AvgIpc) is 2.52. The number of nitrogens with one attached hydrogen (secondary N) is 1. The van der Waals surface area contributed by atoms with Gasteiger partial charge in [0.05, 0.1) is 6.42 Å². The molecule has 0 aliphatic rings. The van der Waals surface area contributed by atoms with Gasteiger partial charge in [-0.25, -0.2) is 0 Å². The number of hydrogen-bond donors (Lipinski definition) is 2. The highest BCUT2D eigenvalue weighted by atomic mass is 28.4. The molecular formula is C15H33NO5Si. The van der Waals surface area contributed by atoms with E-state index in [4.69, 9.17) is 18.4 Å². The van der Waals surface area contributed by atoms with E-state index in [2.05, 4.69) is 5.32 Å². The molecule has 0 atom stereocenters. The Hall–Kier alpha value is -0.473. The monoisotopic (exact) mass is 335 g/mol. The highest BCUT2D eigenvalue weighted by molar-refractivity contribution is 6.60. The van der Waals surface area contributed by atoms with Gasteiger partial charge in [-0.2, -0.15) is 0 Å². The van der Waals surface area contributed by atoms with Crippen LogP contribution in [0.5, 0.6) is 0 Å². The largest absolute Gasteiger partial charge is 0.500 e. The molecule has 0 aromatic heterocycles. The number of carboxylic acids is 1. The van der Waals surface area contributed by atoms with Crippen LogP contribution in [0.3, 0.4) is 0 Å². The van der Waals surface area contributed by atoms with Gasteiger partial charge in [0, 0.05) is 33.9 Å². The van der Waals surface area contributed by atoms with Gasteiger partial charge in [-0.1, -0.05) is 32.1 Å². The lowest BCUT2D eigenvalue weighted by atomic mass is 10.1. The van der Waals surface area contributed by atoms with E-state index in [-0.39, 0.29) is 6.42 Å². The summed E-state index contributed by atoms with van der Waals surface area (Å²) in [6.45, 7) is 1.48. The van der Waals surface area contributed by atoms with Crippen LogP contribution in [0.25, 0.3) is 0 Å². The van der Waals surface area contributed by atoms with Gasteiger partial charge in [0.1, 0.15) is 0 Å². The molecule has 7 heteroatoms. The molecule has 0 unspecified atom stereocenters. The summed E-state index contributed by atoms with van der Waals surface area (Å²) in [6.07, 6.45) is 8.50. The summed E-state index contributed by atoms with van der Waals surface area (Å²) in [5.41, 5.74) is 0. The van der Waals surface area contributed by atoms with E-state index in [1.165, 1.54) is 32.1 Å². The van der Waals surface area contributed by atoms with Crippen molar-refractivity contribution >= 4 is 14.8 Å². The second-order valence-corrected chi connectivity index (χ2v) is 8.50. The SMILES string of the molecule is CO[Si](CCCCCCCCCNCCC(=O)O)(OC)OC. The molecule has 0 radical (unpaired) electrons. The van der Waals surface area contributed by atoms with Crippen LogP contribution >= 0.6 is 0 Å². The quantitative estimate of drug-likeness (QED) is 0.333. The minimum absolute atomic E-state index is 0.204. The van der Waals surface area contributed by atoms with Crippen molar-refractivity contribution in [2.45, 2.75) is 57.4 Å². The number of hydrogen-bond acceptors (Lipinski definition) is 5. The summed E-state index contributed by atoms with van der Waals surface area (Å²) in [7, 11) is 2.60. The van der Waals surface area contributed by atoms with Crippen molar-refractivity contribution in [3.8, 4) is 0 Å². The zero-order chi connectivity index (χ0) is 16.7. The molecule has 132 valence electrons. The van der Waals surface area contributed by atoms with Crippen molar-refractivity contribution in [2.75, 3.05) is 34.4 Å². The average molecular weight is 336 g/mol. The number of carbonyl (C=O) groups is 1.